The maximum Gasteiger partial charge on any atom is 0.140 e. The Balaban J connectivity index is 1.79. The Bertz CT molecular complexity index is 763. The summed E-state index contributed by atoms with van der Waals surface area (Å²) >= 11 is 24.5. The normalized spacial score (nSPS) is 20.7. The van der Waals surface area contributed by atoms with Gasteiger partial charge in [0.15, 0.2) is 0 Å². The van der Waals surface area contributed by atoms with Crippen LogP contribution in [-0.2, 0) is 12.8 Å². The third-order valence-electron chi connectivity index (χ3n) is 4.64. The average Bonchev–Trinajstić information content (AvgIpc) is 2.55. The van der Waals surface area contributed by atoms with Crippen LogP contribution in [0, 0.1) is 6.92 Å². The van der Waals surface area contributed by atoms with Gasteiger partial charge in [0.05, 0.1) is 0 Å². The maximum absolute atomic E-state index is 6.49. The molecule has 2 aliphatic carbocycles. The summed E-state index contributed by atoms with van der Waals surface area (Å²) < 4.78 is -1.60. The SMILES string of the molecule is Cc1cc(CC2=CCC(Cl)(Cl)C=C2)c(N)c(CC2=CCC(Cl)(Cl)C=C2)c1. The third-order valence-corrected chi connectivity index (χ3v) is 5.76. The van der Waals surface area contributed by atoms with Crippen molar-refractivity contribution in [2.45, 2.75) is 41.3 Å². The Morgan fingerprint density at radius 1 is 0.846 bits per heavy atom. The van der Waals surface area contributed by atoms with E-state index in [1.807, 2.05) is 24.3 Å². The molecule has 2 aliphatic rings. The molecule has 0 unspecified atom stereocenters. The Labute approximate surface area is 175 Å². The maximum atomic E-state index is 6.49. The van der Waals surface area contributed by atoms with Crippen LogP contribution in [0.5, 0.6) is 0 Å². The van der Waals surface area contributed by atoms with Gasteiger partial charge in [0, 0.05) is 18.5 Å². The first-order valence-corrected chi connectivity index (χ1v) is 10.0. The quantitative estimate of drug-likeness (QED) is 0.414. The zero-order valence-corrected chi connectivity index (χ0v) is 17.6. The van der Waals surface area contributed by atoms with E-state index < -0.39 is 8.67 Å². The highest BCUT2D eigenvalue weighted by molar-refractivity contribution is 6.50. The minimum atomic E-state index is -0.799. The highest BCUT2D eigenvalue weighted by atomic mass is 35.5. The van der Waals surface area contributed by atoms with Gasteiger partial charge in [-0.1, -0.05) is 88.4 Å². The molecule has 26 heavy (non-hydrogen) atoms. The van der Waals surface area contributed by atoms with Crippen molar-refractivity contribution in [3.63, 3.8) is 0 Å². The number of anilines is 1. The van der Waals surface area contributed by atoms with Crippen molar-refractivity contribution < 1.29 is 0 Å². The van der Waals surface area contributed by atoms with Crippen LogP contribution in [0.3, 0.4) is 0 Å². The van der Waals surface area contributed by atoms with Gasteiger partial charge in [-0.05, 0) is 54.2 Å². The van der Waals surface area contributed by atoms with Crippen molar-refractivity contribution in [1.29, 1.82) is 0 Å². The number of aryl methyl sites for hydroxylation is 1. The number of alkyl halides is 4. The van der Waals surface area contributed by atoms with E-state index in [4.69, 9.17) is 52.1 Å². The van der Waals surface area contributed by atoms with Crippen LogP contribution in [0.2, 0.25) is 0 Å². The first-order valence-electron chi connectivity index (χ1n) is 8.54. The number of nitrogen functional groups attached to an aromatic ring is 1. The zero-order chi connectivity index (χ0) is 18.9. The lowest BCUT2D eigenvalue weighted by Gasteiger charge is -2.20. The van der Waals surface area contributed by atoms with E-state index >= 15 is 0 Å². The van der Waals surface area contributed by atoms with Gasteiger partial charge < -0.3 is 5.73 Å². The van der Waals surface area contributed by atoms with E-state index in [-0.39, 0.29) is 0 Å². The molecule has 0 bridgehead atoms. The van der Waals surface area contributed by atoms with E-state index in [1.54, 1.807) is 0 Å². The Morgan fingerprint density at radius 3 is 1.62 bits per heavy atom. The molecule has 5 heteroatoms. The van der Waals surface area contributed by atoms with E-state index in [0.717, 1.165) is 29.7 Å². The van der Waals surface area contributed by atoms with Gasteiger partial charge in [-0.15, -0.1) is 0 Å². The second kappa shape index (κ2) is 7.64. The van der Waals surface area contributed by atoms with Crippen molar-refractivity contribution in [2.24, 2.45) is 0 Å². The van der Waals surface area contributed by atoms with Gasteiger partial charge >= 0.3 is 0 Å². The summed E-state index contributed by atoms with van der Waals surface area (Å²) in [6.45, 7) is 2.09. The summed E-state index contributed by atoms with van der Waals surface area (Å²) in [6, 6.07) is 4.29. The molecule has 0 aromatic heterocycles. The second-order valence-corrected chi connectivity index (χ2v) is 10.1. The van der Waals surface area contributed by atoms with Crippen LogP contribution in [-0.4, -0.2) is 8.67 Å². The van der Waals surface area contributed by atoms with Crippen LogP contribution < -0.4 is 5.73 Å². The first kappa shape index (κ1) is 19.9. The lowest BCUT2D eigenvalue weighted by Crippen LogP contribution is -2.12. The summed E-state index contributed by atoms with van der Waals surface area (Å²) in [4.78, 5) is 0. The lowest BCUT2D eigenvalue weighted by molar-refractivity contribution is 0.930. The van der Waals surface area contributed by atoms with Crippen molar-refractivity contribution in [3.05, 3.63) is 76.4 Å². The zero-order valence-electron chi connectivity index (χ0n) is 14.5. The number of benzene rings is 1. The summed E-state index contributed by atoms with van der Waals surface area (Å²) in [5, 5.41) is 0. The Kier molecular flexibility index (Phi) is 5.84. The highest BCUT2D eigenvalue weighted by Crippen LogP contribution is 2.35. The molecule has 0 atom stereocenters. The molecule has 3 rings (SSSR count). The van der Waals surface area contributed by atoms with Crippen LogP contribution in [0.4, 0.5) is 5.69 Å². The van der Waals surface area contributed by atoms with Crippen LogP contribution in [0.15, 0.2) is 59.7 Å². The fourth-order valence-corrected chi connectivity index (χ4v) is 3.77. The summed E-state index contributed by atoms with van der Waals surface area (Å²) in [7, 11) is 0. The number of hydrogen-bond acceptors (Lipinski definition) is 1. The van der Waals surface area contributed by atoms with E-state index in [9.17, 15) is 0 Å². The summed E-state index contributed by atoms with van der Waals surface area (Å²) in [5.74, 6) is 0. The molecule has 1 nitrogen and oxygen atoms in total. The largest absolute Gasteiger partial charge is 0.398 e. The molecular formula is C21H21Cl4N. The number of nitrogens with two attached hydrogens (primary N) is 1. The molecule has 0 saturated heterocycles. The molecule has 0 saturated carbocycles. The molecular weight excluding hydrogens is 408 g/mol. The van der Waals surface area contributed by atoms with Crippen LogP contribution in [0.1, 0.15) is 29.5 Å². The van der Waals surface area contributed by atoms with Gasteiger partial charge in [0.2, 0.25) is 0 Å². The molecule has 138 valence electrons. The van der Waals surface area contributed by atoms with Gasteiger partial charge in [-0.25, -0.2) is 0 Å². The van der Waals surface area contributed by atoms with E-state index in [2.05, 4.69) is 31.2 Å². The summed E-state index contributed by atoms with van der Waals surface area (Å²) in [6.07, 6.45) is 14.5. The monoisotopic (exact) mass is 427 g/mol. The van der Waals surface area contributed by atoms with Gasteiger partial charge in [-0.3, -0.25) is 0 Å². The standard InChI is InChI=1S/C21H21Cl4N/c1-14-10-17(12-15-2-6-20(22,23)7-3-15)19(26)18(11-14)13-16-4-8-21(24,25)9-5-16/h2-6,8,10-11H,7,9,12-13,26H2,1H3. The van der Waals surface area contributed by atoms with Crippen molar-refractivity contribution in [1.82, 2.24) is 0 Å². The predicted molar refractivity (Wildman–Crippen MR) is 116 cm³/mol. The topological polar surface area (TPSA) is 26.0 Å². The Morgan fingerprint density at radius 2 is 1.27 bits per heavy atom. The molecule has 0 fully saturated rings. The van der Waals surface area contributed by atoms with E-state index in [1.165, 1.54) is 16.7 Å². The van der Waals surface area contributed by atoms with Crippen molar-refractivity contribution >= 4 is 52.1 Å². The molecule has 0 aliphatic heterocycles. The molecule has 0 heterocycles. The molecule has 0 amide bonds. The van der Waals surface area contributed by atoms with E-state index in [0.29, 0.717) is 12.8 Å². The minimum absolute atomic E-state index is 0.608. The number of rotatable bonds is 4. The molecule has 2 N–H and O–H groups in total. The second-order valence-electron chi connectivity index (χ2n) is 7.01. The van der Waals surface area contributed by atoms with Crippen LogP contribution >= 0.6 is 46.4 Å². The minimum Gasteiger partial charge on any atom is -0.398 e. The van der Waals surface area contributed by atoms with Gasteiger partial charge in [0.25, 0.3) is 0 Å². The smallest absolute Gasteiger partial charge is 0.140 e. The molecule has 1 aromatic rings. The molecule has 0 spiro atoms. The Hall–Kier alpha value is -0.860. The van der Waals surface area contributed by atoms with Gasteiger partial charge in [-0.2, -0.15) is 0 Å². The predicted octanol–water partition coefficient (Wildman–Crippen LogP) is 6.78. The molecule has 1 aromatic carbocycles. The molecule has 0 radical (unpaired) electrons. The number of allylic oxidation sites excluding steroid dienone is 8. The summed E-state index contributed by atoms with van der Waals surface area (Å²) in [5.41, 5.74) is 13.1. The van der Waals surface area contributed by atoms with Crippen molar-refractivity contribution in [3.8, 4) is 0 Å². The highest BCUT2D eigenvalue weighted by Gasteiger charge is 2.23. The number of halogens is 4. The average molecular weight is 429 g/mol. The first-order chi connectivity index (χ1) is 12.1. The van der Waals surface area contributed by atoms with Crippen LogP contribution in [0.25, 0.3) is 0 Å². The fourth-order valence-electron chi connectivity index (χ4n) is 3.21. The number of hydrogen-bond donors (Lipinski definition) is 1. The van der Waals surface area contributed by atoms with Gasteiger partial charge in [0.1, 0.15) is 8.67 Å². The van der Waals surface area contributed by atoms with Crippen molar-refractivity contribution in [2.75, 3.05) is 5.73 Å². The third kappa shape index (κ3) is 5.10. The fraction of sp³-hybridized carbons (Fsp3) is 0.333. The lowest BCUT2D eigenvalue weighted by atomic mass is 9.91.